The SMILES string of the molecule is N#C/C(=C\c1cc(Br)ccc1F)C(=O)Nc1ccc(Cl)cc1. The molecule has 6 heteroatoms. The van der Waals surface area contributed by atoms with Crippen LogP contribution in [0.3, 0.4) is 0 Å². The molecule has 2 rings (SSSR count). The lowest BCUT2D eigenvalue weighted by Gasteiger charge is -2.05. The Labute approximate surface area is 140 Å². The molecule has 0 aliphatic rings. The van der Waals surface area contributed by atoms with E-state index in [-0.39, 0.29) is 11.1 Å². The summed E-state index contributed by atoms with van der Waals surface area (Å²) >= 11 is 8.97. The molecule has 0 saturated carbocycles. The number of amides is 1. The number of anilines is 1. The molecule has 0 radical (unpaired) electrons. The van der Waals surface area contributed by atoms with Crippen LogP contribution in [0.4, 0.5) is 10.1 Å². The Morgan fingerprint density at radius 3 is 2.59 bits per heavy atom. The largest absolute Gasteiger partial charge is 0.321 e. The number of carbonyl (C=O) groups is 1. The molecule has 1 N–H and O–H groups in total. The van der Waals surface area contributed by atoms with E-state index in [0.717, 1.165) is 0 Å². The van der Waals surface area contributed by atoms with Crippen LogP contribution in [0.15, 0.2) is 52.5 Å². The van der Waals surface area contributed by atoms with Crippen molar-refractivity contribution in [2.45, 2.75) is 0 Å². The molecule has 3 nitrogen and oxygen atoms in total. The Hall–Kier alpha value is -2.16. The second-order valence-electron chi connectivity index (χ2n) is 4.30. The van der Waals surface area contributed by atoms with Crippen molar-refractivity contribution in [3.05, 3.63) is 68.9 Å². The molecule has 2 aromatic rings. The van der Waals surface area contributed by atoms with E-state index in [4.69, 9.17) is 16.9 Å². The van der Waals surface area contributed by atoms with E-state index in [9.17, 15) is 9.18 Å². The van der Waals surface area contributed by atoms with Gasteiger partial charge in [0.25, 0.3) is 5.91 Å². The molecule has 0 aromatic heterocycles. The lowest BCUT2D eigenvalue weighted by atomic mass is 10.1. The third-order valence-electron chi connectivity index (χ3n) is 2.73. The van der Waals surface area contributed by atoms with Crippen molar-refractivity contribution in [1.29, 1.82) is 5.26 Å². The van der Waals surface area contributed by atoms with E-state index in [2.05, 4.69) is 21.2 Å². The number of hydrogen-bond donors (Lipinski definition) is 1. The van der Waals surface area contributed by atoms with E-state index in [0.29, 0.717) is 15.2 Å². The number of carbonyl (C=O) groups excluding carboxylic acids is 1. The zero-order valence-electron chi connectivity index (χ0n) is 11.1. The average Bonchev–Trinajstić information content (AvgIpc) is 2.50. The average molecular weight is 380 g/mol. The maximum atomic E-state index is 13.7. The summed E-state index contributed by atoms with van der Waals surface area (Å²) in [5.74, 6) is -1.14. The van der Waals surface area contributed by atoms with Gasteiger partial charge < -0.3 is 5.32 Å². The van der Waals surface area contributed by atoms with Crippen molar-refractivity contribution < 1.29 is 9.18 Å². The molecule has 22 heavy (non-hydrogen) atoms. The Balaban J connectivity index is 2.25. The standard InChI is InChI=1S/C16H9BrClFN2O/c17-12-1-6-15(19)10(8-12)7-11(9-20)16(22)21-14-4-2-13(18)3-5-14/h1-8H,(H,21,22)/b11-7+. The Morgan fingerprint density at radius 2 is 1.95 bits per heavy atom. The molecule has 0 saturated heterocycles. The topological polar surface area (TPSA) is 52.9 Å². The summed E-state index contributed by atoms with van der Waals surface area (Å²) in [6.45, 7) is 0. The van der Waals surface area contributed by atoms with Gasteiger partial charge in [0.2, 0.25) is 0 Å². The summed E-state index contributed by atoms with van der Waals surface area (Å²) in [4.78, 5) is 12.1. The molecule has 110 valence electrons. The fourth-order valence-electron chi connectivity index (χ4n) is 1.66. The quantitative estimate of drug-likeness (QED) is 0.616. The van der Waals surface area contributed by atoms with E-state index in [1.54, 1.807) is 30.3 Å². The molecular weight excluding hydrogens is 371 g/mol. The molecule has 0 spiro atoms. The number of benzene rings is 2. The van der Waals surface area contributed by atoms with E-state index in [1.165, 1.54) is 24.3 Å². The van der Waals surface area contributed by atoms with Crippen LogP contribution in [0, 0.1) is 17.1 Å². The Bertz CT molecular complexity index is 782. The Kier molecular flexibility index (Phi) is 5.31. The van der Waals surface area contributed by atoms with Crippen LogP contribution in [0.1, 0.15) is 5.56 Å². The summed E-state index contributed by atoms with van der Waals surface area (Å²) in [5.41, 5.74) is 0.439. The zero-order valence-corrected chi connectivity index (χ0v) is 13.5. The van der Waals surface area contributed by atoms with Crippen LogP contribution in [0.2, 0.25) is 5.02 Å². The molecule has 0 unspecified atom stereocenters. The van der Waals surface area contributed by atoms with Crippen molar-refractivity contribution in [2.24, 2.45) is 0 Å². The highest BCUT2D eigenvalue weighted by molar-refractivity contribution is 9.10. The molecule has 0 heterocycles. The van der Waals surface area contributed by atoms with Gasteiger partial charge in [0.15, 0.2) is 0 Å². The second-order valence-corrected chi connectivity index (χ2v) is 5.65. The number of rotatable bonds is 3. The summed E-state index contributed by atoms with van der Waals surface area (Å²) in [7, 11) is 0. The van der Waals surface area contributed by atoms with Gasteiger partial charge in [-0.15, -0.1) is 0 Å². The third-order valence-corrected chi connectivity index (χ3v) is 3.47. The van der Waals surface area contributed by atoms with Gasteiger partial charge in [-0.05, 0) is 48.5 Å². The van der Waals surface area contributed by atoms with Gasteiger partial charge in [0.05, 0.1) is 0 Å². The lowest BCUT2D eigenvalue weighted by Crippen LogP contribution is -2.13. The summed E-state index contributed by atoms with van der Waals surface area (Å²) in [6.07, 6.45) is 1.20. The van der Waals surface area contributed by atoms with Crippen molar-refractivity contribution in [2.75, 3.05) is 5.32 Å². The van der Waals surface area contributed by atoms with Crippen LogP contribution < -0.4 is 5.32 Å². The van der Waals surface area contributed by atoms with Gasteiger partial charge in [-0.3, -0.25) is 4.79 Å². The van der Waals surface area contributed by atoms with Gasteiger partial charge in [0, 0.05) is 20.7 Å². The molecular formula is C16H9BrClFN2O. The predicted molar refractivity (Wildman–Crippen MR) is 87.8 cm³/mol. The fraction of sp³-hybridized carbons (Fsp3) is 0. The number of nitriles is 1. The molecule has 0 aliphatic carbocycles. The Morgan fingerprint density at radius 1 is 1.27 bits per heavy atom. The molecule has 0 fully saturated rings. The first kappa shape index (κ1) is 16.2. The molecule has 0 aliphatic heterocycles. The monoisotopic (exact) mass is 378 g/mol. The maximum Gasteiger partial charge on any atom is 0.266 e. The number of halogens is 3. The highest BCUT2D eigenvalue weighted by Crippen LogP contribution is 2.19. The highest BCUT2D eigenvalue weighted by atomic mass is 79.9. The first-order valence-corrected chi connectivity index (χ1v) is 7.30. The van der Waals surface area contributed by atoms with Crippen molar-refractivity contribution in [3.63, 3.8) is 0 Å². The van der Waals surface area contributed by atoms with Gasteiger partial charge in [0.1, 0.15) is 17.5 Å². The molecule has 0 bridgehead atoms. The number of nitrogens with one attached hydrogen (secondary N) is 1. The summed E-state index contributed by atoms with van der Waals surface area (Å²) in [6, 6.07) is 12.5. The van der Waals surface area contributed by atoms with Gasteiger partial charge >= 0.3 is 0 Å². The van der Waals surface area contributed by atoms with Crippen molar-refractivity contribution >= 4 is 45.2 Å². The number of nitrogens with zero attached hydrogens (tertiary/aromatic N) is 1. The lowest BCUT2D eigenvalue weighted by molar-refractivity contribution is -0.112. The minimum atomic E-state index is -0.621. The van der Waals surface area contributed by atoms with Gasteiger partial charge in [-0.25, -0.2) is 4.39 Å². The summed E-state index contributed by atoms with van der Waals surface area (Å²) in [5, 5.41) is 12.2. The van der Waals surface area contributed by atoms with E-state index >= 15 is 0 Å². The first-order chi connectivity index (χ1) is 10.5. The minimum absolute atomic E-state index is 0.150. The predicted octanol–water partition coefficient (Wildman–Crippen LogP) is 4.79. The van der Waals surface area contributed by atoms with Crippen LogP contribution in [-0.4, -0.2) is 5.91 Å². The van der Waals surface area contributed by atoms with Crippen LogP contribution in [0.5, 0.6) is 0 Å². The van der Waals surface area contributed by atoms with Crippen LogP contribution in [-0.2, 0) is 4.79 Å². The van der Waals surface area contributed by atoms with Gasteiger partial charge in [-0.1, -0.05) is 27.5 Å². The minimum Gasteiger partial charge on any atom is -0.321 e. The van der Waals surface area contributed by atoms with Crippen LogP contribution in [0.25, 0.3) is 6.08 Å². The molecule has 0 atom stereocenters. The molecule has 1 amide bonds. The zero-order chi connectivity index (χ0) is 16.1. The first-order valence-electron chi connectivity index (χ1n) is 6.13. The van der Waals surface area contributed by atoms with Gasteiger partial charge in [-0.2, -0.15) is 5.26 Å². The second kappa shape index (κ2) is 7.21. The fourth-order valence-corrected chi connectivity index (χ4v) is 2.17. The van der Waals surface area contributed by atoms with Crippen molar-refractivity contribution in [3.8, 4) is 6.07 Å². The smallest absolute Gasteiger partial charge is 0.266 e. The van der Waals surface area contributed by atoms with Crippen molar-refractivity contribution in [1.82, 2.24) is 0 Å². The van der Waals surface area contributed by atoms with E-state index in [1.807, 2.05) is 0 Å². The maximum absolute atomic E-state index is 13.7. The third kappa shape index (κ3) is 4.17. The van der Waals surface area contributed by atoms with Crippen LogP contribution >= 0.6 is 27.5 Å². The normalized spacial score (nSPS) is 10.9. The molecule has 2 aromatic carbocycles. The van der Waals surface area contributed by atoms with E-state index < -0.39 is 11.7 Å². The highest BCUT2D eigenvalue weighted by Gasteiger charge is 2.11. The number of hydrogen-bond acceptors (Lipinski definition) is 2. The summed E-state index contributed by atoms with van der Waals surface area (Å²) < 4.78 is 14.3.